The number of anilines is 2. The first-order valence-electron chi connectivity index (χ1n) is 5.56. The predicted octanol–water partition coefficient (Wildman–Crippen LogP) is 2.31. The second-order valence-electron chi connectivity index (χ2n) is 3.62. The number of para-hydroxylation sites is 2. The highest BCUT2D eigenvalue weighted by molar-refractivity contribution is 7.13. The Labute approximate surface area is 119 Å². The summed E-state index contributed by atoms with van der Waals surface area (Å²) in [6, 6.07) is 8.07. The summed E-state index contributed by atoms with van der Waals surface area (Å²) in [5.41, 5.74) is 0.122. The van der Waals surface area contributed by atoms with Gasteiger partial charge in [-0.3, -0.25) is 4.79 Å². The second kappa shape index (κ2) is 6.36. The van der Waals surface area contributed by atoms with Gasteiger partial charge in [0.25, 0.3) is 5.91 Å². The SMILES string of the molecule is N#C/C(=C/Nc1nccs1)C(=O)Nc1ccccc1O. The van der Waals surface area contributed by atoms with Crippen molar-refractivity contribution in [1.82, 2.24) is 4.98 Å². The quantitative estimate of drug-likeness (QED) is 0.455. The molecule has 20 heavy (non-hydrogen) atoms. The molecule has 0 unspecified atom stereocenters. The number of phenols is 1. The Kier molecular flexibility index (Phi) is 4.32. The maximum atomic E-state index is 11.9. The van der Waals surface area contributed by atoms with Crippen LogP contribution in [0.4, 0.5) is 10.8 Å². The molecular formula is C13H10N4O2S. The summed E-state index contributed by atoms with van der Waals surface area (Å²) in [7, 11) is 0. The van der Waals surface area contributed by atoms with Gasteiger partial charge >= 0.3 is 0 Å². The van der Waals surface area contributed by atoms with E-state index in [9.17, 15) is 9.90 Å². The Morgan fingerprint density at radius 3 is 2.90 bits per heavy atom. The Morgan fingerprint density at radius 2 is 2.25 bits per heavy atom. The minimum atomic E-state index is -0.613. The summed E-state index contributed by atoms with van der Waals surface area (Å²) in [5.74, 6) is -0.677. The van der Waals surface area contributed by atoms with E-state index >= 15 is 0 Å². The van der Waals surface area contributed by atoms with Crippen molar-refractivity contribution in [3.63, 3.8) is 0 Å². The Balaban J connectivity index is 2.08. The number of rotatable bonds is 4. The molecule has 7 heteroatoms. The topological polar surface area (TPSA) is 98.0 Å². The lowest BCUT2D eigenvalue weighted by atomic mass is 10.2. The van der Waals surface area contributed by atoms with Crippen LogP contribution in [0.25, 0.3) is 0 Å². The third kappa shape index (κ3) is 3.34. The van der Waals surface area contributed by atoms with E-state index in [2.05, 4.69) is 15.6 Å². The third-order valence-corrected chi connectivity index (χ3v) is 2.99. The van der Waals surface area contributed by atoms with Crippen LogP contribution < -0.4 is 10.6 Å². The molecule has 0 aliphatic rings. The van der Waals surface area contributed by atoms with Crippen LogP contribution in [0.5, 0.6) is 5.75 Å². The van der Waals surface area contributed by atoms with Crippen LogP contribution in [0.2, 0.25) is 0 Å². The van der Waals surface area contributed by atoms with E-state index in [1.807, 2.05) is 0 Å². The van der Waals surface area contributed by atoms with E-state index in [0.717, 1.165) is 0 Å². The van der Waals surface area contributed by atoms with Gasteiger partial charge in [0, 0.05) is 17.8 Å². The number of amides is 1. The zero-order chi connectivity index (χ0) is 14.4. The molecule has 2 aromatic rings. The lowest BCUT2D eigenvalue weighted by molar-refractivity contribution is -0.112. The van der Waals surface area contributed by atoms with Crippen LogP contribution in [0.1, 0.15) is 0 Å². The average Bonchev–Trinajstić information content (AvgIpc) is 2.95. The number of hydrogen-bond acceptors (Lipinski definition) is 6. The Morgan fingerprint density at radius 1 is 1.45 bits per heavy atom. The van der Waals surface area contributed by atoms with Crippen molar-refractivity contribution >= 4 is 28.1 Å². The lowest BCUT2D eigenvalue weighted by Crippen LogP contribution is -2.14. The monoisotopic (exact) mass is 286 g/mol. The summed E-state index contributed by atoms with van der Waals surface area (Å²) in [5, 5.41) is 26.1. The van der Waals surface area contributed by atoms with Gasteiger partial charge in [0.1, 0.15) is 17.4 Å². The fraction of sp³-hybridized carbons (Fsp3) is 0. The molecule has 1 aromatic carbocycles. The minimum absolute atomic E-state index is 0.0639. The van der Waals surface area contributed by atoms with Crippen molar-refractivity contribution in [2.24, 2.45) is 0 Å². The summed E-state index contributed by atoms with van der Waals surface area (Å²) in [4.78, 5) is 15.8. The maximum absolute atomic E-state index is 11.9. The fourth-order valence-electron chi connectivity index (χ4n) is 1.35. The average molecular weight is 286 g/mol. The molecule has 1 heterocycles. The van der Waals surface area contributed by atoms with Gasteiger partial charge in [0.05, 0.1) is 5.69 Å². The van der Waals surface area contributed by atoms with Gasteiger partial charge in [0.2, 0.25) is 0 Å². The van der Waals surface area contributed by atoms with E-state index in [-0.39, 0.29) is 17.0 Å². The Hall–Kier alpha value is -2.85. The molecule has 3 N–H and O–H groups in total. The summed E-state index contributed by atoms with van der Waals surface area (Å²) < 4.78 is 0. The van der Waals surface area contributed by atoms with Gasteiger partial charge in [-0.2, -0.15) is 5.26 Å². The molecule has 100 valence electrons. The number of benzene rings is 1. The molecule has 0 saturated carbocycles. The van der Waals surface area contributed by atoms with Crippen LogP contribution in [-0.4, -0.2) is 16.0 Å². The maximum Gasteiger partial charge on any atom is 0.267 e. The van der Waals surface area contributed by atoms with Crippen molar-refractivity contribution in [3.8, 4) is 11.8 Å². The number of nitrogens with one attached hydrogen (secondary N) is 2. The van der Waals surface area contributed by atoms with E-state index in [1.165, 1.54) is 29.7 Å². The first-order valence-corrected chi connectivity index (χ1v) is 6.44. The van der Waals surface area contributed by atoms with E-state index in [1.54, 1.807) is 29.8 Å². The molecular weight excluding hydrogens is 276 g/mol. The molecule has 0 spiro atoms. The fourth-order valence-corrected chi connectivity index (χ4v) is 1.85. The Bertz CT molecular complexity index is 674. The first kappa shape index (κ1) is 13.6. The lowest BCUT2D eigenvalue weighted by Gasteiger charge is -2.06. The minimum Gasteiger partial charge on any atom is -0.506 e. The number of carbonyl (C=O) groups is 1. The number of hydrogen-bond donors (Lipinski definition) is 3. The molecule has 1 aromatic heterocycles. The van der Waals surface area contributed by atoms with E-state index in [0.29, 0.717) is 5.13 Å². The van der Waals surface area contributed by atoms with Crippen molar-refractivity contribution in [2.45, 2.75) is 0 Å². The molecule has 0 aliphatic carbocycles. The van der Waals surface area contributed by atoms with Gasteiger partial charge in [0.15, 0.2) is 5.13 Å². The van der Waals surface area contributed by atoms with Crippen molar-refractivity contribution < 1.29 is 9.90 Å². The standard InChI is InChI=1S/C13H10N4O2S/c14-7-9(8-16-13-15-5-6-20-13)12(19)17-10-3-1-2-4-11(10)18/h1-6,8,18H,(H,15,16)(H,17,19)/b9-8-. The van der Waals surface area contributed by atoms with Crippen LogP contribution in [0.15, 0.2) is 47.6 Å². The first-order chi connectivity index (χ1) is 9.70. The highest BCUT2D eigenvalue weighted by atomic mass is 32.1. The van der Waals surface area contributed by atoms with E-state index < -0.39 is 5.91 Å². The molecule has 0 fully saturated rings. The second-order valence-corrected chi connectivity index (χ2v) is 4.52. The zero-order valence-electron chi connectivity index (χ0n) is 10.2. The number of carbonyl (C=O) groups excluding carboxylic acids is 1. The van der Waals surface area contributed by atoms with Crippen LogP contribution >= 0.6 is 11.3 Å². The number of aromatic hydroxyl groups is 1. The normalized spacial score (nSPS) is 10.7. The summed E-state index contributed by atoms with van der Waals surface area (Å²) in [6.45, 7) is 0. The number of aromatic nitrogens is 1. The number of phenolic OH excluding ortho intramolecular Hbond substituents is 1. The van der Waals surface area contributed by atoms with Crippen molar-refractivity contribution in [2.75, 3.05) is 10.6 Å². The summed E-state index contributed by atoms with van der Waals surface area (Å²) >= 11 is 1.35. The number of thiazole rings is 1. The zero-order valence-corrected chi connectivity index (χ0v) is 11.0. The molecule has 6 nitrogen and oxygen atoms in total. The van der Waals surface area contributed by atoms with Crippen molar-refractivity contribution in [3.05, 3.63) is 47.6 Å². The molecule has 0 saturated heterocycles. The molecule has 0 atom stereocenters. The highest BCUT2D eigenvalue weighted by Gasteiger charge is 2.11. The van der Waals surface area contributed by atoms with Crippen LogP contribution in [0.3, 0.4) is 0 Å². The molecule has 2 rings (SSSR count). The van der Waals surface area contributed by atoms with Gasteiger partial charge in [-0.25, -0.2) is 4.98 Å². The molecule has 0 bridgehead atoms. The van der Waals surface area contributed by atoms with E-state index in [4.69, 9.17) is 5.26 Å². The molecule has 0 radical (unpaired) electrons. The molecule has 1 amide bonds. The van der Waals surface area contributed by atoms with Crippen LogP contribution in [0, 0.1) is 11.3 Å². The molecule has 0 aliphatic heterocycles. The van der Waals surface area contributed by atoms with Crippen LogP contribution in [-0.2, 0) is 4.79 Å². The summed E-state index contributed by atoms with van der Waals surface area (Å²) in [6.07, 6.45) is 2.88. The van der Waals surface area contributed by atoms with Gasteiger partial charge in [-0.05, 0) is 12.1 Å². The van der Waals surface area contributed by atoms with Gasteiger partial charge in [-0.15, -0.1) is 11.3 Å². The number of nitriles is 1. The number of nitrogens with zero attached hydrogens (tertiary/aromatic N) is 2. The smallest absolute Gasteiger partial charge is 0.267 e. The van der Waals surface area contributed by atoms with Crippen molar-refractivity contribution in [1.29, 1.82) is 5.26 Å². The van der Waals surface area contributed by atoms with Gasteiger partial charge < -0.3 is 15.7 Å². The van der Waals surface area contributed by atoms with Gasteiger partial charge in [-0.1, -0.05) is 12.1 Å². The third-order valence-electron chi connectivity index (χ3n) is 2.29. The largest absolute Gasteiger partial charge is 0.506 e. The predicted molar refractivity (Wildman–Crippen MR) is 76.2 cm³/mol. The highest BCUT2D eigenvalue weighted by Crippen LogP contribution is 2.22.